The quantitative estimate of drug-likeness (QED) is 0.514. The average Bonchev–Trinajstić information content (AvgIpc) is 2.86. The predicted molar refractivity (Wildman–Crippen MR) is 76.8 cm³/mol. The van der Waals surface area contributed by atoms with Crippen LogP contribution in [0.2, 0.25) is 0 Å². The number of esters is 1. The number of carbonyl (C=O) groups is 1. The van der Waals surface area contributed by atoms with E-state index < -0.39 is 0 Å². The van der Waals surface area contributed by atoms with E-state index in [9.17, 15) is 4.79 Å². The summed E-state index contributed by atoms with van der Waals surface area (Å²) in [6.45, 7) is 3.92. The molecule has 0 fully saturated rings. The van der Waals surface area contributed by atoms with E-state index in [1.807, 2.05) is 19.4 Å². The molecule has 0 aliphatic heterocycles. The van der Waals surface area contributed by atoms with Crippen LogP contribution in [0.3, 0.4) is 0 Å². The van der Waals surface area contributed by atoms with Crippen molar-refractivity contribution in [1.29, 1.82) is 0 Å². The molecular weight excluding hydrogens is 264 g/mol. The number of hydrogen-bond acceptors (Lipinski definition) is 6. The predicted octanol–water partition coefficient (Wildman–Crippen LogP) is 2.11. The number of ether oxygens (including phenoxy) is 2. The smallest absolute Gasteiger partial charge is 0.306 e. The molecular formula is C13H22N2O3S. The van der Waals surface area contributed by atoms with Crippen molar-refractivity contribution in [1.82, 2.24) is 4.98 Å². The third kappa shape index (κ3) is 6.02. The fraction of sp³-hybridized carbons (Fsp3) is 0.692. The first-order chi connectivity index (χ1) is 9.17. The van der Waals surface area contributed by atoms with Gasteiger partial charge in [-0.1, -0.05) is 0 Å². The van der Waals surface area contributed by atoms with Gasteiger partial charge in [0.25, 0.3) is 0 Å². The molecule has 0 aliphatic carbocycles. The first-order valence-corrected chi connectivity index (χ1v) is 7.35. The Labute approximate surface area is 118 Å². The fourth-order valence-corrected chi connectivity index (χ4v) is 2.44. The maximum Gasteiger partial charge on any atom is 0.306 e. The van der Waals surface area contributed by atoms with E-state index in [-0.39, 0.29) is 5.97 Å². The molecule has 1 aromatic heterocycles. The Hall–Kier alpha value is -1.14. The lowest BCUT2D eigenvalue weighted by Crippen LogP contribution is -2.19. The second-order valence-corrected chi connectivity index (χ2v) is 5.03. The summed E-state index contributed by atoms with van der Waals surface area (Å²) in [6, 6.07) is 0. The lowest BCUT2D eigenvalue weighted by molar-refractivity contribution is -0.143. The van der Waals surface area contributed by atoms with Gasteiger partial charge in [0.1, 0.15) is 0 Å². The Bertz CT molecular complexity index is 382. The molecule has 0 saturated heterocycles. The first-order valence-electron chi connectivity index (χ1n) is 6.47. The van der Waals surface area contributed by atoms with Crippen molar-refractivity contribution in [2.75, 3.05) is 38.8 Å². The van der Waals surface area contributed by atoms with E-state index in [2.05, 4.69) is 9.88 Å². The highest BCUT2D eigenvalue weighted by atomic mass is 32.1. The van der Waals surface area contributed by atoms with E-state index in [1.54, 1.807) is 18.4 Å². The summed E-state index contributed by atoms with van der Waals surface area (Å²) in [4.78, 5) is 17.9. The van der Waals surface area contributed by atoms with Gasteiger partial charge in [0.05, 0.1) is 18.7 Å². The molecule has 0 unspecified atom stereocenters. The topological polar surface area (TPSA) is 51.7 Å². The van der Waals surface area contributed by atoms with Crippen molar-refractivity contribution in [2.24, 2.45) is 0 Å². The summed E-state index contributed by atoms with van der Waals surface area (Å²) >= 11 is 1.60. The highest BCUT2D eigenvalue weighted by Crippen LogP contribution is 2.20. The van der Waals surface area contributed by atoms with E-state index in [0.717, 1.165) is 30.4 Å². The highest BCUT2D eigenvalue weighted by molar-refractivity contribution is 7.13. The van der Waals surface area contributed by atoms with Crippen LogP contribution in [0, 0.1) is 0 Å². The van der Waals surface area contributed by atoms with Crippen molar-refractivity contribution in [3.05, 3.63) is 11.1 Å². The van der Waals surface area contributed by atoms with Gasteiger partial charge in [0.2, 0.25) is 0 Å². The Morgan fingerprint density at radius 3 is 3.00 bits per heavy atom. The molecule has 0 atom stereocenters. The second kappa shape index (κ2) is 8.87. The number of rotatable bonds is 9. The van der Waals surface area contributed by atoms with Gasteiger partial charge in [-0.2, -0.15) is 0 Å². The van der Waals surface area contributed by atoms with Crippen LogP contribution in [0.4, 0.5) is 5.13 Å². The molecule has 0 radical (unpaired) electrons. The first kappa shape index (κ1) is 15.9. The Balaban J connectivity index is 2.36. The van der Waals surface area contributed by atoms with Gasteiger partial charge in [-0.05, 0) is 13.3 Å². The molecule has 1 heterocycles. The molecule has 0 bridgehead atoms. The minimum absolute atomic E-state index is 0.162. The summed E-state index contributed by atoms with van der Waals surface area (Å²) in [5, 5.41) is 2.98. The zero-order valence-electron chi connectivity index (χ0n) is 11.8. The molecule has 1 aromatic rings. The third-order valence-corrected chi connectivity index (χ3v) is 3.60. The van der Waals surface area contributed by atoms with Crippen LogP contribution in [0.15, 0.2) is 5.38 Å². The average molecular weight is 286 g/mol. The van der Waals surface area contributed by atoms with E-state index in [4.69, 9.17) is 9.47 Å². The molecule has 0 amide bonds. The van der Waals surface area contributed by atoms with Gasteiger partial charge in [-0.3, -0.25) is 4.79 Å². The molecule has 19 heavy (non-hydrogen) atoms. The Morgan fingerprint density at radius 1 is 1.53 bits per heavy atom. The molecule has 6 heteroatoms. The third-order valence-electron chi connectivity index (χ3n) is 2.60. The number of carbonyl (C=O) groups excluding carboxylic acids is 1. The van der Waals surface area contributed by atoms with Gasteiger partial charge in [-0.25, -0.2) is 4.98 Å². The van der Waals surface area contributed by atoms with Crippen LogP contribution in [-0.2, 0) is 20.7 Å². The van der Waals surface area contributed by atoms with Gasteiger partial charge in [0.15, 0.2) is 5.13 Å². The zero-order chi connectivity index (χ0) is 14.1. The Morgan fingerprint density at radius 2 is 2.32 bits per heavy atom. The molecule has 0 N–H and O–H groups in total. The van der Waals surface area contributed by atoms with Crippen molar-refractivity contribution in [3.8, 4) is 0 Å². The summed E-state index contributed by atoms with van der Waals surface area (Å²) in [5.74, 6) is -0.162. The standard InChI is InChI=1S/C13H22N2O3S/c1-4-18-12(16)7-6-11-10-19-13(14-11)15(2)8-5-9-17-3/h10H,4-9H2,1-3H3. The molecule has 0 aliphatic rings. The van der Waals surface area contributed by atoms with Crippen molar-refractivity contribution >= 4 is 22.4 Å². The lowest BCUT2D eigenvalue weighted by atomic mass is 10.2. The van der Waals surface area contributed by atoms with Gasteiger partial charge in [-0.15, -0.1) is 11.3 Å². The number of thiazole rings is 1. The largest absolute Gasteiger partial charge is 0.466 e. The van der Waals surface area contributed by atoms with Gasteiger partial charge in [0, 0.05) is 39.1 Å². The molecule has 0 spiro atoms. The molecule has 5 nitrogen and oxygen atoms in total. The number of aromatic nitrogens is 1. The SMILES string of the molecule is CCOC(=O)CCc1csc(N(C)CCCOC)n1. The van der Waals surface area contributed by atoms with Crippen LogP contribution < -0.4 is 4.90 Å². The van der Waals surface area contributed by atoms with E-state index >= 15 is 0 Å². The van der Waals surface area contributed by atoms with Crippen LogP contribution >= 0.6 is 11.3 Å². The second-order valence-electron chi connectivity index (χ2n) is 4.19. The number of hydrogen-bond donors (Lipinski definition) is 0. The van der Waals surface area contributed by atoms with Crippen LogP contribution in [-0.4, -0.2) is 44.9 Å². The normalized spacial score (nSPS) is 10.5. The summed E-state index contributed by atoms with van der Waals surface area (Å²) in [7, 11) is 3.72. The summed E-state index contributed by atoms with van der Waals surface area (Å²) < 4.78 is 9.92. The van der Waals surface area contributed by atoms with Crippen LogP contribution in [0.25, 0.3) is 0 Å². The number of nitrogens with zero attached hydrogens (tertiary/aromatic N) is 2. The lowest BCUT2D eigenvalue weighted by Gasteiger charge is -2.14. The van der Waals surface area contributed by atoms with Crippen molar-refractivity contribution in [3.63, 3.8) is 0 Å². The molecule has 0 saturated carbocycles. The number of anilines is 1. The summed E-state index contributed by atoms with van der Waals surface area (Å²) in [5.41, 5.74) is 0.951. The summed E-state index contributed by atoms with van der Waals surface area (Å²) in [6.07, 6.45) is 2.01. The molecule has 108 valence electrons. The minimum Gasteiger partial charge on any atom is -0.466 e. The van der Waals surface area contributed by atoms with E-state index in [1.165, 1.54) is 0 Å². The number of aryl methyl sites for hydroxylation is 1. The van der Waals surface area contributed by atoms with Crippen LogP contribution in [0.5, 0.6) is 0 Å². The highest BCUT2D eigenvalue weighted by Gasteiger charge is 2.09. The van der Waals surface area contributed by atoms with Gasteiger partial charge >= 0.3 is 5.97 Å². The van der Waals surface area contributed by atoms with Crippen molar-refractivity contribution in [2.45, 2.75) is 26.2 Å². The molecule has 1 rings (SSSR count). The van der Waals surface area contributed by atoms with Gasteiger partial charge < -0.3 is 14.4 Å². The minimum atomic E-state index is -0.162. The number of methoxy groups -OCH3 is 1. The zero-order valence-corrected chi connectivity index (χ0v) is 12.7. The maximum atomic E-state index is 11.3. The van der Waals surface area contributed by atoms with Crippen molar-refractivity contribution < 1.29 is 14.3 Å². The monoisotopic (exact) mass is 286 g/mol. The fourth-order valence-electron chi connectivity index (χ4n) is 1.59. The maximum absolute atomic E-state index is 11.3. The Kier molecular flexibility index (Phi) is 7.43. The van der Waals surface area contributed by atoms with Crippen LogP contribution in [0.1, 0.15) is 25.5 Å². The molecule has 0 aromatic carbocycles. The van der Waals surface area contributed by atoms with E-state index in [0.29, 0.717) is 19.4 Å².